The van der Waals surface area contributed by atoms with Crippen LogP contribution in [0.2, 0.25) is 0 Å². The minimum absolute atomic E-state index is 0.246. The molecule has 0 bridgehead atoms. The van der Waals surface area contributed by atoms with Gasteiger partial charge in [0.1, 0.15) is 17.7 Å². The fourth-order valence-corrected chi connectivity index (χ4v) is 3.43. The molecule has 25 heavy (non-hydrogen) atoms. The van der Waals surface area contributed by atoms with Crippen molar-refractivity contribution in [2.45, 2.75) is 51.6 Å². The normalized spacial score (nSPS) is 22.6. The average Bonchev–Trinajstić information content (AvgIpc) is 2.97. The maximum Gasteiger partial charge on any atom is 0.267 e. The molecule has 4 rings (SSSR count). The molecule has 0 radical (unpaired) electrons. The van der Waals surface area contributed by atoms with Crippen LogP contribution in [0.4, 0.5) is 8.78 Å². The Morgan fingerprint density at radius 3 is 2.80 bits per heavy atom. The molecule has 1 atom stereocenters. The van der Waals surface area contributed by atoms with Gasteiger partial charge in [-0.2, -0.15) is 0 Å². The van der Waals surface area contributed by atoms with Crippen LogP contribution < -0.4 is 0 Å². The standard InChI is InChI=1S/C16H19F2N5O2/c1-9-13(10(2)25-21-9)15(24)23-7-16(17,18)5-12(23)14-20-19-8-22(14)6-11-3-4-11/h8,11-12H,3-7H2,1-2H3/t12-/m0/s1. The van der Waals surface area contributed by atoms with Crippen LogP contribution in [0.1, 0.15) is 52.9 Å². The molecule has 7 nitrogen and oxygen atoms in total. The Balaban J connectivity index is 1.68. The second-order valence-electron chi connectivity index (χ2n) is 6.99. The molecule has 3 heterocycles. The number of carbonyl (C=O) groups is 1. The largest absolute Gasteiger partial charge is 0.361 e. The van der Waals surface area contributed by atoms with Gasteiger partial charge in [0.2, 0.25) is 0 Å². The van der Waals surface area contributed by atoms with Crippen molar-refractivity contribution >= 4 is 5.91 Å². The van der Waals surface area contributed by atoms with E-state index in [2.05, 4.69) is 15.4 Å². The van der Waals surface area contributed by atoms with Crippen molar-refractivity contribution in [2.24, 2.45) is 5.92 Å². The number of hydrogen-bond acceptors (Lipinski definition) is 5. The summed E-state index contributed by atoms with van der Waals surface area (Å²) >= 11 is 0. The van der Waals surface area contributed by atoms with Gasteiger partial charge in [-0.25, -0.2) is 8.78 Å². The highest BCUT2D eigenvalue weighted by Gasteiger charge is 2.50. The van der Waals surface area contributed by atoms with E-state index in [1.54, 1.807) is 24.7 Å². The molecule has 2 aliphatic rings. The van der Waals surface area contributed by atoms with E-state index in [0.29, 0.717) is 29.7 Å². The minimum Gasteiger partial charge on any atom is -0.361 e. The number of aromatic nitrogens is 4. The fourth-order valence-electron chi connectivity index (χ4n) is 3.43. The summed E-state index contributed by atoms with van der Waals surface area (Å²) in [7, 11) is 0. The van der Waals surface area contributed by atoms with Gasteiger partial charge in [0, 0.05) is 13.0 Å². The van der Waals surface area contributed by atoms with Gasteiger partial charge in [-0.3, -0.25) is 4.79 Å². The van der Waals surface area contributed by atoms with E-state index in [9.17, 15) is 13.6 Å². The highest BCUT2D eigenvalue weighted by Crippen LogP contribution is 2.42. The Morgan fingerprint density at radius 2 is 2.16 bits per heavy atom. The monoisotopic (exact) mass is 351 g/mol. The van der Waals surface area contributed by atoms with Crippen LogP contribution in [0, 0.1) is 19.8 Å². The maximum absolute atomic E-state index is 14.2. The summed E-state index contributed by atoms with van der Waals surface area (Å²) in [5.41, 5.74) is 0.645. The van der Waals surface area contributed by atoms with E-state index >= 15 is 0 Å². The Labute approximate surface area is 143 Å². The van der Waals surface area contributed by atoms with Crippen molar-refractivity contribution in [3.63, 3.8) is 0 Å². The zero-order valence-corrected chi connectivity index (χ0v) is 14.1. The molecule has 134 valence electrons. The molecule has 1 amide bonds. The summed E-state index contributed by atoms with van der Waals surface area (Å²) in [6, 6.07) is -0.808. The summed E-state index contributed by atoms with van der Waals surface area (Å²) < 4.78 is 35.1. The Morgan fingerprint density at radius 1 is 1.40 bits per heavy atom. The lowest BCUT2D eigenvalue weighted by Gasteiger charge is -2.23. The van der Waals surface area contributed by atoms with Gasteiger partial charge in [0.15, 0.2) is 5.82 Å². The molecule has 1 aliphatic carbocycles. The van der Waals surface area contributed by atoms with Crippen molar-refractivity contribution in [3.8, 4) is 0 Å². The van der Waals surface area contributed by atoms with Crippen molar-refractivity contribution in [2.75, 3.05) is 6.54 Å². The van der Waals surface area contributed by atoms with E-state index < -0.39 is 30.8 Å². The maximum atomic E-state index is 14.2. The van der Waals surface area contributed by atoms with Gasteiger partial charge in [-0.05, 0) is 32.6 Å². The van der Waals surface area contributed by atoms with Crippen molar-refractivity contribution in [3.05, 3.63) is 29.2 Å². The first-order chi connectivity index (χ1) is 11.9. The molecule has 2 aromatic heterocycles. The number of aryl methyl sites for hydroxylation is 2. The van der Waals surface area contributed by atoms with Crippen LogP contribution >= 0.6 is 0 Å². The first-order valence-electron chi connectivity index (χ1n) is 8.35. The van der Waals surface area contributed by atoms with Gasteiger partial charge in [0.25, 0.3) is 11.8 Å². The predicted octanol–water partition coefficient (Wildman–Crippen LogP) is 2.52. The second kappa shape index (κ2) is 5.60. The molecule has 0 spiro atoms. The van der Waals surface area contributed by atoms with Crippen LogP contribution in [0.5, 0.6) is 0 Å². The molecule has 1 aliphatic heterocycles. The topological polar surface area (TPSA) is 77.1 Å². The molecule has 1 saturated heterocycles. The molecule has 9 heteroatoms. The minimum atomic E-state index is -2.96. The Hall–Kier alpha value is -2.32. The van der Waals surface area contributed by atoms with E-state index in [1.807, 2.05) is 0 Å². The first kappa shape index (κ1) is 16.2. The van der Waals surface area contributed by atoms with Crippen LogP contribution in [0.15, 0.2) is 10.9 Å². The van der Waals surface area contributed by atoms with Crippen molar-refractivity contribution < 1.29 is 18.1 Å². The molecule has 0 unspecified atom stereocenters. The molecular formula is C16H19F2N5O2. The van der Waals surface area contributed by atoms with E-state index in [4.69, 9.17) is 4.52 Å². The fraction of sp³-hybridized carbons (Fsp3) is 0.625. The summed E-state index contributed by atoms with van der Waals surface area (Å²) in [4.78, 5) is 14.1. The summed E-state index contributed by atoms with van der Waals surface area (Å²) in [6.45, 7) is 3.29. The van der Waals surface area contributed by atoms with Crippen LogP contribution in [-0.4, -0.2) is 43.2 Å². The van der Waals surface area contributed by atoms with Crippen LogP contribution in [-0.2, 0) is 6.54 Å². The third kappa shape index (κ3) is 2.91. The van der Waals surface area contributed by atoms with Gasteiger partial charge < -0.3 is 14.0 Å². The summed E-state index contributed by atoms with van der Waals surface area (Å²) in [5.74, 6) is -2.17. The zero-order valence-electron chi connectivity index (χ0n) is 14.1. The van der Waals surface area contributed by atoms with E-state index in [0.717, 1.165) is 12.8 Å². The lowest BCUT2D eigenvalue weighted by atomic mass is 10.1. The molecule has 2 fully saturated rings. The number of likely N-dealkylation sites (tertiary alicyclic amines) is 1. The highest BCUT2D eigenvalue weighted by atomic mass is 19.3. The number of carbonyl (C=O) groups excluding carboxylic acids is 1. The Bertz CT molecular complexity index is 792. The second-order valence-corrected chi connectivity index (χ2v) is 6.99. The number of rotatable bonds is 4. The average molecular weight is 351 g/mol. The quantitative estimate of drug-likeness (QED) is 0.846. The molecule has 0 N–H and O–H groups in total. The van der Waals surface area contributed by atoms with Gasteiger partial charge in [-0.15, -0.1) is 10.2 Å². The van der Waals surface area contributed by atoms with Gasteiger partial charge in [0.05, 0.1) is 18.3 Å². The van der Waals surface area contributed by atoms with E-state index in [-0.39, 0.29) is 5.56 Å². The molecule has 1 saturated carbocycles. The van der Waals surface area contributed by atoms with E-state index in [1.165, 1.54) is 4.90 Å². The molecular weight excluding hydrogens is 332 g/mol. The summed E-state index contributed by atoms with van der Waals surface area (Å²) in [6.07, 6.45) is 3.36. The third-order valence-electron chi connectivity index (χ3n) is 4.87. The smallest absolute Gasteiger partial charge is 0.267 e. The van der Waals surface area contributed by atoms with Crippen molar-refractivity contribution in [1.82, 2.24) is 24.8 Å². The molecule has 2 aromatic rings. The number of halogens is 2. The number of amides is 1. The Kier molecular flexibility index (Phi) is 3.62. The zero-order chi connectivity index (χ0) is 17.8. The first-order valence-corrected chi connectivity index (χ1v) is 8.35. The van der Waals surface area contributed by atoms with Crippen LogP contribution in [0.25, 0.3) is 0 Å². The SMILES string of the molecule is Cc1noc(C)c1C(=O)N1CC(F)(F)C[C@H]1c1nncn1CC1CC1. The number of alkyl halides is 2. The highest BCUT2D eigenvalue weighted by molar-refractivity contribution is 5.96. The predicted molar refractivity (Wildman–Crippen MR) is 82.1 cm³/mol. The van der Waals surface area contributed by atoms with Gasteiger partial charge >= 0.3 is 0 Å². The lowest BCUT2D eigenvalue weighted by molar-refractivity contribution is 0.0117. The van der Waals surface area contributed by atoms with Crippen LogP contribution in [0.3, 0.4) is 0 Å². The molecule has 0 aromatic carbocycles. The number of hydrogen-bond donors (Lipinski definition) is 0. The third-order valence-corrected chi connectivity index (χ3v) is 4.87. The van der Waals surface area contributed by atoms with Crippen molar-refractivity contribution in [1.29, 1.82) is 0 Å². The summed E-state index contributed by atoms with van der Waals surface area (Å²) in [5, 5.41) is 11.7. The van der Waals surface area contributed by atoms with Gasteiger partial charge in [-0.1, -0.05) is 5.16 Å². The number of nitrogens with zero attached hydrogens (tertiary/aromatic N) is 5. The lowest BCUT2D eigenvalue weighted by Crippen LogP contribution is -2.34.